The van der Waals surface area contributed by atoms with Gasteiger partial charge in [0.05, 0.1) is 5.75 Å². The standard InChI is InChI=1S/C36H58N6O7S/c1-9-15-26(31(43)33(45)37-18-10-2)38-32(44)30-28(23(3)4)24(5)21-42(30)34(46)29(25-16-12-11-13-17-25)40-35(47)39-27(36(6,7)8)22-41-19-14-20-50(41,48)49/h9-10,15,23,25-30H,2,5,11-14,16-22H2,1,3-4,6-8H3,(H,37,45)(H,38,44)(H2,39,40,47)/b15-9+/t26?,27-,28+,29+,30+/m1/s1. The number of ketones is 1. The fraction of sp³-hybridized carbons (Fsp3) is 0.694. The summed E-state index contributed by atoms with van der Waals surface area (Å²) in [6.45, 7) is 19.7. The number of carbonyl (C=O) groups is 5. The van der Waals surface area contributed by atoms with Crippen molar-refractivity contribution in [1.29, 1.82) is 0 Å². The van der Waals surface area contributed by atoms with Crippen LogP contribution in [0.3, 0.4) is 0 Å². The van der Waals surface area contributed by atoms with Crippen LogP contribution in [0.1, 0.15) is 80.1 Å². The zero-order valence-electron chi connectivity index (χ0n) is 30.6. The van der Waals surface area contributed by atoms with E-state index < -0.39 is 75.1 Å². The van der Waals surface area contributed by atoms with Crippen molar-refractivity contribution < 1.29 is 32.4 Å². The molecular weight excluding hydrogens is 660 g/mol. The number of likely N-dealkylation sites (tertiary alicyclic amines) is 1. The van der Waals surface area contributed by atoms with Crippen molar-refractivity contribution in [2.75, 3.05) is 31.9 Å². The number of urea groups is 1. The molecule has 3 fully saturated rings. The Morgan fingerprint density at radius 3 is 2.20 bits per heavy atom. The summed E-state index contributed by atoms with van der Waals surface area (Å²) in [4.78, 5) is 69.5. The Morgan fingerprint density at radius 1 is 1.00 bits per heavy atom. The van der Waals surface area contributed by atoms with Crippen molar-refractivity contribution in [3.63, 3.8) is 0 Å². The molecule has 0 radical (unpaired) electrons. The number of carbonyl (C=O) groups excluding carboxylic acids is 5. The van der Waals surface area contributed by atoms with E-state index in [9.17, 15) is 32.4 Å². The van der Waals surface area contributed by atoms with Crippen molar-refractivity contribution in [1.82, 2.24) is 30.5 Å². The monoisotopic (exact) mass is 718 g/mol. The number of allylic oxidation sites excluding steroid dienone is 1. The van der Waals surface area contributed by atoms with Crippen LogP contribution in [0.5, 0.6) is 0 Å². The van der Waals surface area contributed by atoms with E-state index in [-0.39, 0.29) is 37.2 Å². The maximum absolute atomic E-state index is 14.6. The molecule has 3 aliphatic rings. The van der Waals surface area contributed by atoms with Crippen LogP contribution in [0, 0.1) is 23.2 Å². The van der Waals surface area contributed by atoms with E-state index in [1.54, 1.807) is 13.0 Å². The quantitative estimate of drug-likeness (QED) is 0.158. The second-order valence-corrected chi connectivity index (χ2v) is 17.2. The summed E-state index contributed by atoms with van der Waals surface area (Å²) in [5.74, 6) is -3.41. The Bertz CT molecular complexity index is 1430. The molecule has 4 N–H and O–H groups in total. The largest absolute Gasteiger partial charge is 0.346 e. The molecule has 1 saturated carbocycles. The molecule has 1 aliphatic carbocycles. The summed E-state index contributed by atoms with van der Waals surface area (Å²) in [5, 5.41) is 11.1. The van der Waals surface area contributed by atoms with Crippen molar-refractivity contribution in [3.8, 4) is 0 Å². The molecule has 0 spiro atoms. The Balaban J connectivity index is 1.91. The number of rotatable bonds is 14. The number of amides is 5. The van der Waals surface area contributed by atoms with Gasteiger partial charge in [-0.1, -0.05) is 84.3 Å². The van der Waals surface area contributed by atoms with Gasteiger partial charge in [-0.15, -0.1) is 6.58 Å². The third-order valence-corrected chi connectivity index (χ3v) is 11.9. The van der Waals surface area contributed by atoms with E-state index in [1.165, 1.54) is 21.4 Å². The molecule has 1 unspecified atom stereocenters. The van der Waals surface area contributed by atoms with Crippen LogP contribution in [0.25, 0.3) is 0 Å². The predicted molar refractivity (Wildman–Crippen MR) is 193 cm³/mol. The summed E-state index contributed by atoms with van der Waals surface area (Å²) in [6.07, 6.45) is 9.17. The number of nitrogens with zero attached hydrogens (tertiary/aromatic N) is 2. The first kappa shape index (κ1) is 40.9. The van der Waals surface area contributed by atoms with Crippen LogP contribution >= 0.6 is 0 Å². The predicted octanol–water partition coefficient (Wildman–Crippen LogP) is 2.66. The second-order valence-electron chi connectivity index (χ2n) is 15.2. The third kappa shape index (κ3) is 10.3. The van der Waals surface area contributed by atoms with E-state index >= 15 is 0 Å². The highest BCUT2D eigenvalue weighted by molar-refractivity contribution is 7.89. The van der Waals surface area contributed by atoms with E-state index in [4.69, 9.17) is 0 Å². The fourth-order valence-corrected chi connectivity index (χ4v) is 8.76. The van der Waals surface area contributed by atoms with Gasteiger partial charge in [0.25, 0.3) is 5.91 Å². The first-order chi connectivity index (χ1) is 23.4. The summed E-state index contributed by atoms with van der Waals surface area (Å²) in [6, 6.07) is -4.39. The zero-order chi connectivity index (χ0) is 37.4. The van der Waals surface area contributed by atoms with Crippen molar-refractivity contribution in [2.45, 2.75) is 104 Å². The lowest BCUT2D eigenvalue weighted by Gasteiger charge is -2.37. The molecular formula is C36H58N6O7S. The molecule has 14 heteroatoms. The van der Waals surface area contributed by atoms with Gasteiger partial charge in [-0.2, -0.15) is 4.31 Å². The molecule has 0 aromatic rings. The molecule has 2 heterocycles. The summed E-state index contributed by atoms with van der Waals surface area (Å²) < 4.78 is 26.6. The Kier molecular flexibility index (Phi) is 14.4. The molecule has 0 aromatic heterocycles. The molecule has 13 nitrogen and oxygen atoms in total. The zero-order valence-corrected chi connectivity index (χ0v) is 31.4. The first-order valence-corrected chi connectivity index (χ1v) is 19.4. The van der Waals surface area contributed by atoms with Crippen molar-refractivity contribution in [3.05, 3.63) is 37.0 Å². The van der Waals surface area contributed by atoms with Crippen LogP contribution in [0.15, 0.2) is 37.0 Å². The van der Waals surface area contributed by atoms with Gasteiger partial charge in [-0.3, -0.25) is 19.2 Å². The molecule has 0 aromatic carbocycles. The molecule has 3 rings (SSSR count). The average Bonchev–Trinajstić information content (AvgIpc) is 3.58. The number of nitrogens with one attached hydrogen (secondary N) is 4. The van der Waals surface area contributed by atoms with Gasteiger partial charge in [-0.25, -0.2) is 13.2 Å². The SMILES string of the molecule is C=CCNC(=O)C(=O)C(/C=C/C)NC(=O)[C@@H]1[C@@H](C(C)C)C(=C)CN1C(=O)[C@@H](NC(=O)N[C@H](CN1CCCS1(=O)=O)C(C)(C)C)C1CCCCC1. The van der Waals surface area contributed by atoms with Crippen LogP contribution in [0.4, 0.5) is 4.79 Å². The topological polar surface area (TPSA) is 174 Å². The molecule has 0 bridgehead atoms. The Labute approximate surface area is 298 Å². The van der Waals surface area contributed by atoms with E-state index in [0.717, 1.165) is 19.3 Å². The Hall–Kier alpha value is -3.52. The van der Waals surface area contributed by atoms with Crippen LogP contribution in [0.2, 0.25) is 0 Å². The minimum absolute atomic E-state index is 0.0771. The average molecular weight is 719 g/mol. The van der Waals surface area contributed by atoms with Crippen LogP contribution < -0.4 is 21.3 Å². The Morgan fingerprint density at radius 2 is 1.66 bits per heavy atom. The summed E-state index contributed by atoms with van der Waals surface area (Å²) >= 11 is 0. The smallest absolute Gasteiger partial charge is 0.315 e. The molecule has 2 saturated heterocycles. The fourth-order valence-electron chi connectivity index (χ4n) is 7.23. The van der Waals surface area contributed by atoms with Crippen LogP contribution in [-0.2, 0) is 29.2 Å². The lowest BCUT2D eigenvalue weighted by molar-refractivity contribution is -0.143. The van der Waals surface area contributed by atoms with E-state index in [0.29, 0.717) is 31.4 Å². The molecule has 5 amide bonds. The number of hydrogen-bond acceptors (Lipinski definition) is 7. The molecule has 5 atom stereocenters. The maximum atomic E-state index is 14.6. The highest BCUT2D eigenvalue weighted by Crippen LogP contribution is 2.36. The third-order valence-electron chi connectivity index (χ3n) is 10.0. The van der Waals surface area contributed by atoms with E-state index in [1.807, 2.05) is 34.6 Å². The molecule has 2 aliphatic heterocycles. The number of hydrogen-bond donors (Lipinski definition) is 4. The van der Waals surface area contributed by atoms with Crippen molar-refractivity contribution in [2.24, 2.45) is 23.2 Å². The lowest BCUT2D eigenvalue weighted by Crippen LogP contribution is -2.61. The number of sulfonamides is 1. The molecule has 50 heavy (non-hydrogen) atoms. The van der Waals surface area contributed by atoms with Gasteiger partial charge < -0.3 is 26.2 Å². The maximum Gasteiger partial charge on any atom is 0.315 e. The highest BCUT2D eigenvalue weighted by atomic mass is 32.2. The van der Waals surface area contributed by atoms with Crippen LogP contribution in [-0.4, -0.2) is 103 Å². The van der Waals surface area contributed by atoms with Gasteiger partial charge in [0, 0.05) is 38.1 Å². The second kappa shape index (κ2) is 17.6. The number of Topliss-reactive ketones (excluding diaryl/α,β-unsaturated/α-hetero) is 1. The van der Waals surface area contributed by atoms with Gasteiger partial charge >= 0.3 is 6.03 Å². The lowest BCUT2D eigenvalue weighted by atomic mass is 9.82. The summed E-state index contributed by atoms with van der Waals surface area (Å²) in [7, 11) is -3.40. The highest BCUT2D eigenvalue weighted by Gasteiger charge is 2.49. The minimum Gasteiger partial charge on any atom is -0.346 e. The van der Waals surface area contributed by atoms with Crippen molar-refractivity contribution >= 4 is 39.6 Å². The van der Waals surface area contributed by atoms with Gasteiger partial charge in [0.1, 0.15) is 18.1 Å². The minimum atomic E-state index is -3.40. The first-order valence-electron chi connectivity index (χ1n) is 17.8. The van der Waals surface area contributed by atoms with Gasteiger partial charge in [0.2, 0.25) is 27.6 Å². The van der Waals surface area contributed by atoms with E-state index in [2.05, 4.69) is 34.4 Å². The van der Waals surface area contributed by atoms with Gasteiger partial charge in [0.15, 0.2) is 0 Å². The van der Waals surface area contributed by atoms with Gasteiger partial charge in [-0.05, 0) is 43.4 Å². The normalized spacial score (nSPS) is 23.3. The molecule has 280 valence electrons. The summed E-state index contributed by atoms with van der Waals surface area (Å²) in [5.41, 5.74) is 0.182.